The number of thiophene rings is 1. The summed E-state index contributed by atoms with van der Waals surface area (Å²) in [6, 6.07) is 16.0. The summed E-state index contributed by atoms with van der Waals surface area (Å²) in [5, 5.41) is 5.83. The van der Waals surface area contributed by atoms with Gasteiger partial charge in [-0.05, 0) is 35.9 Å². The maximum Gasteiger partial charge on any atom is 0.256 e. The lowest BCUT2D eigenvalue weighted by Gasteiger charge is -2.08. The Balaban J connectivity index is 1.70. The molecule has 0 fully saturated rings. The van der Waals surface area contributed by atoms with Crippen molar-refractivity contribution in [2.24, 2.45) is 0 Å². The number of hydrogen-bond acceptors (Lipinski definition) is 3. The molecule has 4 nitrogen and oxygen atoms in total. The maximum atomic E-state index is 12.9. The van der Waals surface area contributed by atoms with E-state index in [0.29, 0.717) is 14.9 Å². The number of benzene rings is 2. The number of hydrogen-bond donors (Lipinski definition) is 2. The molecule has 7 heteroatoms. The SMILES string of the molecule is O=C(Nc1sc(Cl)cc1C(=O)NCc1ccc(F)cc1)c1ccccc1. The van der Waals surface area contributed by atoms with Gasteiger partial charge in [-0.2, -0.15) is 0 Å². The van der Waals surface area contributed by atoms with Crippen LogP contribution in [0.1, 0.15) is 26.3 Å². The predicted octanol–water partition coefficient (Wildman–Crippen LogP) is 4.72. The second-order valence-corrected chi connectivity index (χ2v) is 7.11. The van der Waals surface area contributed by atoms with Crippen molar-refractivity contribution in [3.63, 3.8) is 0 Å². The quantitative estimate of drug-likeness (QED) is 0.664. The fourth-order valence-corrected chi connectivity index (χ4v) is 3.38. The molecule has 132 valence electrons. The van der Waals surface area contributed by atoms with Crippen LogP contribution in [-0.2, 0) is 6.54 Å². The third-order valence-electron chi connectivity index (χ3n) is 3.58. The second kappa shape index (κ2) is 8.12. The van der Waals surface area contributed by atoms with Gasteiger partial charge in [0.2, 0.25) is 0 Å². The molecular formula is C19H14ClFN2O2S. The first-order valence-electron chi connectivity index (χ1n) is 7.71. The monoisotopic (exact) mass is 388 g/mol. The van der Waals surface area contributed by atoms with Gasteiger partial charge in [0.1, 0.15) is 10.8 Å². The number of anilines is 1. The zero-order chi connectivity index (χ0) is 18.5. The highest BCUT2D eigenvalue weighted by molar-refractivity contribution is 7.20. The largest absolute Gasteiger partial charge is 0.348 e. The van der Waals surface area contributed by atoms with E-state index in [-0.39, 0.29) is 29.7 Å². The van der Waals surface area contributed by atoms with Crippen LogP contribution in [0.5, 0.6) is 0 Å². The first kappa shape index (κ1) is 18.1. The minimum Gasteiger partial charge on any atom is -0.348 e. The van der Waals surface area contributed by atoms with Gasteiger partial charge in [-0.15, -0.1) is 11.3 Å². The van der Waals surface area contributed by atoms with E-state index < -0.39 is 0 Å². The fourth-order valence-electron chi connectivity index (χ4n) is 2.27. The van der Waals surface area contributed by atoms with E-state index in [1.54, 1.807) is 36.4 Å². The molecule has 0 saturated heterocycles. The summed E-state index contributed by atoms with van der Waals surface area (Å²) in [5.41, 5.74) is 1.53. The summed E-state index contributed by atoms with van der Waals surface area (Å²) in [4.78, 5) is 24.7. The van der Waals surface area contributed by atoms with Crippen molar-refractivity contribution in [1.29, 1.82) is 0 Å². The molecule has 0 aliphatic heterocycles. The summed E-state index contributed by atoms with van der Waals surface area (Å²) < 4.78 is 13.3. The number of nitrogens with one attached hydrogen (secondary N) is 2. The van der Waals surface area contributed by atoms with Crippen molar-refractivity contribution >= 4 is 39.8 Å². The van der Waals surface area contributed by atoms with Gasteiger partial charge in [-0.3, -0.25) is 9.59 Å². The lowest BCUT2D eigenvalue weighted by Crippen LogP contribution is -2.24. The Hall–Kier alpha value is -2.70. The van der Waals surface area contributed by atoms with Crippen molar-refractivity contribution in [2.75, 3.05) is 5.32 Å². The molecule has 3 aromatic rings. The summed E-state index contributed by atoms with van der Waals surface area (Å²) in [5.74, 6) is -1.03. The van der Waals surface area contributed by atoms with Gasteiger partial charge in [0.15, 0.2) is 0 Å². The molecule has 0 spiro atoms. The maximum absolute atomic E-state index is 12.9. The second-order valence-electron chi connectivity index (χ2n) is 5.42. The van der Waals surface area contributed by atoms with Gasteiger partial charge in [0.05, 0.1) is 9.90 Å². The van der Waals surface area contributed by atoms with E-state index in [1.807, 2.05) is 6.07 Å². The Morgan fingerprint density at radius 2 is 1.69 bits per heavy atom. The smallest absolute Gasteiger partial charge is 0.256 e. The first-order valence-corrected chi connectivity index (χ1v) is 8.91. The summed E-state index contributed by atoms with van der Waals surface area (Å²) in [7, 11) is 0. The molecule has 3 rings (SSSR count). The van der Waals surface area contributed by atoms with Crippen molar-refractivity contribution in [3.05, 3.63) is 87.5 Å². The number of rotatable bonds is 5. The number of amides is 2. The number of carbonyl (C=O) groups excluding carboxylic acids is 2. The minimum absolute atomic E-state index is 0.235. The Bertz CT molecular complexity index is 926. The van der Waals surface area contributed by atoms with Gasteiger partial charge >= 0.3 is 0 Å². The lowest BCUT2D eigenvalue weighted by atomic mass is 10.2. The molecule has 0 bridgehead atoms. The Kier molecular flexibility index (Phi) is 5.65. The van der Waals surface area contributed by atoms with Crippen LogP contribution in [0, 0.1) is 5.82 Å². The van der Waals surface area contributed by atoms with Gasteiger partial charge in [-0.25, -0.2) is 4.39 Å². The van der Waals surface area contributed by atoms with E-state index in [9.17, 15) is 14.0 Å². The Labute approximate surface area is 158 Å². The third kappa shape index (κ3) is 4.47. The molecule has 2 aromatic carbocycles. The third-order valence-corrected chi connectivity index (χ3v) is 4.76. The molecular weight excluding hydrogens is 375 g/mol. The number of carbonyl (C=O) groups is 2. The van der Waals surface area contributed by atoms with Crippen LogP contribution in [0.2, 0.25) is 4.34 Å². The van der Waals surface area contributed by atoms with Gasteiger partial charge < -0.3 is 10.6 Å². The highest BCUT2D eigenvalue weighted by atomic mass is 35.5. The van der Waals surface area contributed by atoms with Crippen molar-refractivity contribution in [2.45, 2.75) is 6.54 Å². The molecule has 0 aliphatic carbocycles. The average molecular weight is 389 g/mol. The molecule has 26 heavy (non-hydrogen) atoms. The van der Waals surface area contributed by atoms with E-state index in [1.165, 1.54) is 18.2 Å². The summed E-state index contributed by atoms with van der Waals surface area (Å²) in [6.45, 7) is 0.235. The number of halogens is 2. The average Bonchev–Trinajstić information content (AvgIpc) is 3.02. The van der Waals surface area contributed by atoms with Crippen LogP contribution in [0.15, 0.2) is 60.7 Å². The lowest BCUT2D eigenvalue weighted by molar-refractivity contribution is 0.0952. The standard InChI is InChI=1S/C19H14ClFN2O2S/c20-16-10-15(18(25)22-11-12-6-8-14(21)9-7-12)19(26-16)23-17(24)13-4-2-1-3-5-13/h1-10H,11H2,(H,22,25)(H,23,24). The Morgan fingerprint density at radius 1 is 1.00 bits per heavy atom. The van der Waals surface area contributed by atoms with E-state index in [0.717, 1.165) is 16.9 Å². The van der Waals surface area contributed by atoms with Crippen LogP contribution in [0.3, 0.4) is 0 Å². The Morgan fingerprint density at radius 3 is 2.38 bits per heavy atom. The molecule has 0 atom stereocenters. The van der Waals surface area contributed by atoms with E-state index in [2.05, 4.69) is 10.6 Å². The molecule has 2 N–H and O–H groups in total. The minimum atomic E-state index is -0.374. The van der Waals surface area contributed by atoms with E-state index >= 15 is 0 Å². The molecule has 0 radical (unpaired) electrons. The van der Waals surface area contributed by atoms with Crippen LogP contribution < -0.4 is 10.6 Å². The highest BCUT2D eigenvalue weighted by Crippen LogP contribution is 2.32. The summed E-state index contributed by atoms with van der Waals surface area (Å²) >= 11 is 7.13. The van der Waals surface area contributed by atoms with Gasteiger partial charge in [-0.1, -0.05) is 41.9 Å². The molecule has 1 heterocycles. The van der Waals surface area contributed by atoms with Crippen LogP contribution in [0.4, 0.5) is 9.39 Å². The zero-order valence-corrected chi connectivity index (χ0v) is 15.0. The summed E-state index contributed by atoms with van der Waals surface area (Å²) in [6.07, 6.45) is 0. The molecule has 0 aliphatic rings. The molecule has 2 amide bonds. The highest BCUT2D eigenvalue weighted by Gasteiger charge is 2.18. The van der Waals surface area contributed by atoms with Crippen molar-refractivity contribution in [1.82, 2.24) is 5.32 Å². The van der Waals surface area contributed by atoms with Crippen molar-refractivity contribution in [3.8, 4) is 0 Å². The fraction of sp³-hybridized carbons (Fsp3) is 0.0526. The first-order chi connectivity index (χ1) is 12.5. The van der Waals surface area contributed by atoms with Gasteiger partial charge in [0.25, 0.3) is 11.8 Å². The van der Waals surface area contributed by atoms with Crippen LogP contribution in [0.25, 0.3) is 0 Å². The molecule has 0 saturated carbocycles. The van der Waals surface area contributed by atoms with Crippen molar-refractivity contribution < 1.29 is 14.0 Å². The van der Waals surface area contributed by atoms with Gasteiger partial charge in [0, 0.05) is 12.1 Å². The van der Waals surface area contributed by atoms with Crippen LogP contribution in [-0.4, -0.2) is 11.8 Å². The predicted molar refractivity (Wildman–Crippen MR) is 101 cm³/mol. The van der Waals surface area contributed by atoms with Crippen LogP contribution >= 0.6 is 22.9 Å². The topological polar surface area (TPSA) is 58.2 Å². The molecule has 0 unspecified atom stereocenters. The zero-order valence-electron chi connectivity index (χ0n) is 13.5. The normalized spacial score (nSPS) is 10.4. The van der Waals surface area contributed by atoms with E-state index in [4.69, 9.17) is 11.6 Å². The molecule has 1 aromatic heterocycles.